The van der Waals surface area contributed by atoms with E-state index in [0.717, 1.165) is 17.7 Å². The van der Waals surface area contributed by atoms with Gasteiger partial charge in [0, 0.05) is 28.4 Å². The van der Waals surface area contributed by atoms with Crippen LogP contribution in [0.15, 0.2) is 72.3 Å². The van der Waals surface area contributed by atoms with Gasteiger partial charge in [-0.3, -0.25) is 29.8 Å². The number of ether oxygens (including phenoxy) is 1. The number of amides is 5. The number of hydrogen-bond acceptors (Lipinski definition) is 7. The van der Waals surface area contributed by atoms with Crippen molar-refractivity contribution in [1.82, 2.24) is 5.32 Å². The largest absolute Gasteiger partial charge is 0.483 e. The van der Waals surface area contributed by atoms with Gasteiger partial charge in [-0.1, -0.05) is 29.3 Å². The molecule has 1 aliphatic heterocycles. The molecule has 192 valence electrons. The van der Waals surface area contributed by atoms with Crippen molar-refractivity contribution in [3.8, 4) is 5.75 Å². The number of imide groups is 2. The Morgan fingerprint density at radius 2 is 1.76 bits per heavy atom. The van der Waals surface area contributed by atoms with Crippen LogP contribution in [0.3, 0.4) is 0 Å². The number of nitrogens with zero attached hydrogens (tertiary/aromatic N) is 2. The molecule has 1 heterocycles. The monoisotopic (exact) mass is 534 g/mol. The summed E-state index contributed by atoms with van der Waals surface area (Å²) < 4.78 is 5.63. The van der Waals surface area contributed by atoms with Crippen LogP contribution in [0.1, 0.15) is 11.1 Å². The molecule has 0 radical (unpaired) electrons. The van der Waals surface area contributed by atoms with Crippen LogP contribution in [-0.2, 0) is 14.4 Å². The van der Waals surface area contributed by atoms with Gasteiger partial charge in [-0.25, -0.2) is 9.69 Å². The lowest BCUT2D eigenvalue weighted by Crippen LogP contribution is -2.54. The van der Waals surface area contributed by atoms with E-state index in [1.54, 1.807) is 12.1 Å². The maximum absolute atomic E-state index is 13.2. The molecule has 1 fully saturated rings. The van der Waals surface area contributed by atoms with Gasteiger partial charge in [0.2, 0.25) is 0 Å². The first-order chi connectivity index (χ1) is 18.1. The molecule has 2 N–H and O–H groups in total. The van der Waals surface area contributed by atoms with Gasteiger partial charge in [0.05, 0.1) is 10.6 Å². The van der Waals surface area contributed by atoms with Crippen LogP contribution < -0.4 is 20.3 Å². The highest BCUT2D eigenvalue weighted by Crippen LogP contribution is 2.28. The number of carbonyl (C=O) groups is 4. The van der Waals surface area contributed by atoms with E-state index in [1.165, 1.54) is 36.4 Å². The number of halogens is 1. The molecule has 0 spiro atoms. The van der Waals surface area contributed by atoms with Gasteiger partial charge in [-0.05, 0) is 55.5 Å². The van der Waals surface area contributed by atoms with Crippen molar-refractivity contribution in [2.24, 2.45) is 0 Å². The Kier molecular flexibility index (Phi) is 7.49. The Bertz CT molecular complexity index is 1480. The number of non-ortho nitro benzene ring substituents is 1. The number of nitro benzene ring substituents is 1. The molecule has 0 atom stereocenters. The maximum atomic E-state index is 13.2. The van der Waals surface area contributed by atoms with Gasteiger partial charge in [0.25, 0.3) is 23.4 Å². The third-order valence-electron chi connectivity index (χ3n) is 5.39. The summed E-state index contributed by atoms with van der Waals surface area (Å²) in [5, 5.41) is 15.9. The van der Waals surface area contributed by atoms with Gasteiger partial charge < -0.3 is 10.1 Å². The molecular formula is C26H19ClN4O7. The lowest BCUT2D eigenvalue weighted by Gasteiger charge is -2.26. The molecule has 0 bridgehead atoms. The molecular weight excluding hydrogens is 516 g/mol. The zero-order chi connectivity index (χ0) is 27.4. The molecule has 1 aliphatic rings. The summed E-state index contributed by atoms with van der Waals surface area (Å²) in [6.45, 7) is 1.54. The number of hydrogen-bond donors (Lipinski definition) is 2. The topological polar surface area (TPSA) is 148 Å². The van der Waals surface area contributed by atoms with E-state index in [-0.39, 0.29) is 34.3 Å². The van der Waals surface area contributed by atoms with E-state index in [0.29, 0.717) is 10.6 Å². The molecule has 11 nitrogen and oxygen atoms in total. The predicted octanol–water partition coefficient (Wildman–Crippen LogP) is 4.24. The quantitative estimate of drug-likeness (QED) is 0.199. The second-order valence-electron chi connectivity index (χ2n) is 8.12. The minimum Gasteiger partial charge on any atom is -0.483 e. The fourth-order valence-electron chi connectivity index (χ4n) is 3.51. The van der Waals surface area contributed by atoms with Crippen LogP contribution in [0.25, 0.3) is 6.08 Å². The normalized spacial score (nSPS) is 14.3. The molecule has 0 unspecified atom stereocenters. The molecule has 4 rings (SSSR count). The van der Waals surface area contributed by atoms with Crippen LogP contribution in [-0.4, -0.2) is 35.3 Å². The van der Waals surface area contributed by atoms with E-state index >= 15 is 0 Å². The molecule has 0 aromatic heterocycles. The van der Waals surface area contributed by atoms with Crippen molar-refractivity contribution in [2.45, 2.75) is 6.92 Å². The zero-order valence-electron chi connectivity index (χ0n) is 19.8. The number of benzene rings is 3. The van der Waals surface area contributed by atoms with Crippen molar-refractivity contribution in [3.63, 3.8) is 0 Å². The molecule has 1 saturated heterocycles. The Balaban J connectivity index is 1.57. The maximum Gasteiger partial charge on any atom is 0.335 e. The van der Waals surface area contributed by atoms with E-state index in [9.17, 15) is 29.3 Å². The smallest absolute Gasteiger partial charge is 0.335 e. The number of nitro groups is 1. The van der Waals surface area contributed by atoms with Gasteiger partial charge in [0.1, 0.15) is 11.3 Å². The van der Waals surface area contributed by atoms with Crippen molar-refractivity contribution in [3.05, 3.63) is 98.6 Å². The highest BCUT2D eigenvalue weighted by Gasteiger charge is 2.37. The third-order valence-corrected chi connectivity index (χ3v) is 5.62. The zero-order valence-corrected chi connectivity index (χ0v) is 20.5. The molecule has 0 saturated carbocycles. The summed E-state index contributed by atoms with van der Waals surface area (Å²) in [6, 6.07) is 15.2. The minimum atomic E-state index is -1.01. The van der Waals surface area contributed by atoms with E-state index in [2.05, 4.69) is 10.6 Å². The highest BCUT2D eigenvalue weighted by atomic mass is 35.5. The highest BCUT2D eigenvalue weighted by molar-refractivity contribution is 6.39. The van der Waals surface area contributed by atoms with Crippen LogP contribution >= 0.6 is 11.6 Å². The van der Waals surface area contributed by atoms with Crippen LogP contribution in [0, 0.1) is 17.0 Å². The summed E-state index contributed by atoms with van der Waals surface area (Å²) in [7, 11) is 0. The van der Waals surface area contributed by atoms with E-state index in [1.807, 2.05) is 19.1 Å². The number of rotatable bonds is 7. The fraction of sp³-hybridized carbons (Fsp3) is 0.0769. The number of anilines is 2. The lowest BCUT2D eigenvalue weighted by atomic mass is 10.1. The first-order valence-electron chi connectivity index (χ1n) is 11.1. The van der Waals surface area contributed by atoms with Crippen molar-refractivity contribution in [1.29, 1.82) is 0 Å². The average molecular weight is 535 g/mol. The average Bonchev–Trinajstić information content (AvgIpc) is 2.87. The fourth-order valence-corrected chi connectivity index (χ4v) is 3.69. The number of barbiturate groups is 1. The van der Waals surface area contributed by atoms with Gasteiger partial charge in [-0.15, -0.1) is 0 Å². The summed E-state index contributed by atoms with van der Waals surface area (Å²) >= 11 is 6.11. The van der Waals surface area contributed by atoms with E-state index in [4.69, 9.17) is 16.3 Å². The molecule has 3 aromatic carbocycles. The number of nitrogens with one attached hydrogen (secondary N) is 2. The minimum absolute atomic E-state index is 0.0202. The Morgan fingerprint density at radius 1 is 1.08 bits per heavy atom. The van der Waals surface area contributed by atoms with Crippen molar-refractivity contribution < 1.29 is 28.8 Å². The van der Waals surface area contributed by atoms with Crippen molar-refractivity contribution >= 4 is 58.5 Å². The lowest BCUT2D eigenvalue weighted by molar-refractivity contribution is -0.384. The van der Waals surface area contributed by atoms with Crippen LogP contribution in [0.5, 0.6) is 5.75 Å². The first-order valence-corrected chi connectivity index (χ1v) is 11.4. The summed E-state index contributed by atoms with van der Waals surface area (Å²) in [5.41, 5.74) is 1.19. The SMILES string of the molecule is Cc1ccc(NC(=O)COc2ccc(Cl)cc2/C=C2\C(=O)NC(=O)N(c3ccc([N+](=O)[O-])cc3)C2=O)cc1. The van der Waals surface area contributed by atoms with Gasteiger partial charge >= 0.3 is 6.03 Å². The summed E-state index contributed by atoms with van der Waals surface area (Å²) in [4.78, 5) is 61.5. The van der Waals surface area contributed by atoms with Gasteiger partial charge in [-0.2, -0.15) is 0 Å². The summed E-state index contributed by atoms with van der Waals surface area (Å²) in [6.07, 6.45) is 1.18. The third kappa shape index (κ3) is 5.85. The second-order valence-corrected chi connectivity index (χ2v) is 8.55. The number of urea groups is 1. The molecule has 3 aromatic rings. The number of carbonyl (C=O) groups excluding carboxylic acids is 4. The Morgan fingerprint density at radius 3 is 2.42 bits per heavy atom. The second kappa shape index (κ2) is 10.9. The Labute approximate surface area is 220 Å². The summed E-state index contributed by atoms with van der Waals surface area (Å²) in [5.74, 6) is -2.21. The first kappa shape index (κ1) is 26.0. The Hall–Kier alpha value is -5.03. The molecule has 38 heavy (non-hydrogen) atoms. The molecule has 12 heteroatoms. The predicted molar refractivity (Wildman–Crippen MR) is 139 cm³/mol. The number of aryl methyl sites for hydroxylation is 1. The molecule has 5 amide bonds. The van der Waals surface area contributed by atoms with E-state index < -0.39 is 34.2 Å². The molecule has 0 aliphatic carbocycles. The van der Waals surface area contributed by atoms with Crippen LogP contribution in [0.2, 0.25) is 5.02 Å². The standard InChI is InChI=1S/C26H19ClN4O7/c1-15-2-5-18(6-3-15)28-23(32)14-38-22-11-4-17(27)12-16(22)13-21-24(33)29-26(35)30(25(21)34)19-7-9-20(10-8-19)31(36)37/h2-13H,14H2,1H3,(H,28,32)(H,29,33,35)/b21-13+. The van der Waals surface area contributed by atoms with Gasteiger partial charge in [0.15, 0.2) is 6.61 Å². The van der Waals surface area contributed by atoms with Crippen LogP contribution in [0.4, 0.5) is 21.9 Å². The van der Waals surface area contributed by atoms with Crippen molar-refractivity contribution in [2.75, 3.05) is 16.8 Å².